The Labute approximate surface area is 226 Å². The van der Waals surface area contributed by atoms with Gasteiger partial charge in [0, 0.05) is 3.57 Å². The average molecular weight is 618 g/mol. The van der Waals surface area contributed by atoms with Crippen LogP contribution in [0.2, 0.25) is 0 Å². The molecular formula is C27H27IN2O5S. The number of esters is 1. The molecule has 0 radical (unpaired) electrons. The Morgan fingerprint density at radius 2 is 1.92 bits per heavy atom. The largest absolute Gasteiger partial charge is 0.493 e. The van der Waals surface area contributed by atoms with Crippen LogP contribution < -0.4 is 24.4 Å². The van der Waals surface area contributed by atoms with Crippen molar-refractivity contribution in [3.05, 3.63) is 88.1 Å². The number of thiazole rings is 1. The van der Waals surface area contributed by atoms with E-state index in [1.807, 2.05) is 50.3 Å². The summed E-state index contributed by atoms with van der Waals surface area (Å²) in [7, 11) is 1.56. The number of carbonyl (C=O) groups excluding carboxylic acids is 1. The van der Waals surface area contributed by atoms with Crippen LogP contribution in [0.15, 0.2) is 63.5 Å². The fraction of sp³-hybridized carbons (Fsp3) is 0.296. The summed E-state index contributed by atoms with van der Waals surface area (Å²) in [5, 5.41) is 0. The molecule has 2 aromatic carbocycles. The number of fused-ring (bicyclic) bond motifs is 1. The van der Waals surface area contributed by atoms with E-state index in [4.69, 9.17) is 14.2 Å². The van der Waals surface area contributed by atoms with E-state index in [0.717, 1.165) is 9.13 Å². The van der Waals surface area contributed by atoms with E-state index in [-0.39, 0.29) is 18.3 Å². The van der Waals surface area contributed by atoms with Crippen LogP contribution in [0, 0.1) is 3.57 Å². The molecule has 188 valence electrons. The first-order valence-corrected chi connectivity index (χ1v) is 13.4. The summed E-state index contributed by atoms with van der Waals surface area (Å²) in [5.74, 6) is 0.595. The van der Waals surface area contributed by atoms with Crippen LogP contribution in [0.25, 0.3) is 6.08 Å². The first-order chi connectivity index (χ1) is 17.2. The van der Waals surface area contributed by atoms with Gasteiger partial charge in [0.15, 0.2) is 16.3 Å². The topological polar surface area (TPSA) is 79.1 Å². The highest BCUT2D eigenvalue weighted by molar-refractivity contribution is 14.1. The number of nitrogens with zero attached hydrogens (tertiary/aromatic N) is 2. The smallest absolute Gasteiger partial charge is 0.338 e. The summed E-state index contributed by atoms with van der Waals surface area (Å²) >= 11 is 3.54. The number of benzene rings is 2. The van der Waals surface area contributed by atoms with E-state index in [0.29, 0.717) is 37.7 Å². The van der Waals surface area contributed by atoms with Gasteiger partial charge in [0.25, 0.3) is 5.56 Å². The predicted molar refractivity (Wildman–Crippen MR) is 148 cm³/mol. The molecular weight excluding hydrogens is 591 g/mol. The second kappa shape index (κ2) is 11.0. The van der Waals surface area contributed by atoms with Crippen LogP contribution >= 0.6 is 33.9 Å². The summed E-state index contributed by atoms with van der Waals surface area (Å²) in [6.45, 7) is 7.60. The standard InChI is InChI=1S/C27H27IN2O5S/c1-6-34-26(32)23-16(4)29-27-30(25(31)22(36-27)13-17-7-10-19(28)11-8-17)24(23)18-9-12-20(35-15(2)3)21(14-18)33-5/h7-15,24H,6H2,1-5H3/b22-13-/t24-/m1/s1. The second-order valence-electron chi connectivity index (χ2n) is 8.43. The highest BCUT2D eigenvalue weighted by Gasteiger charge is 2.34. The van der Waals surface area contributed by atoms with Crippen molar-refractivity contribution in [2.24, 2.45) is 4.99 Å². The number of allylic oxidation sites excluding steroid dienone is 1. The molecule has 0 fully saturated rings. The maximum atomic E-state index is 13.7. The lowest BCUT2D eigenvalue weighted by Crippen LogP contribution is -2.40. The van der Waals surface area contributed by atoms with Crippen molar-refractivity contribution in [1.29, 1.82) is 0 Å². The van der Waals surface area contributed by atoms with Crippen molar-refractivity contribution >= 4 is 46.0 Å². The molecule has 9 heteroatoms. The Morgan fingerprint density at radius 3 is 2.56 bits per heavy atom. The monoisotopic (exact) mass is 618 g/mol. The maximum absolute atomic E-state index is 13.7. The van der Waals surface area contributed by atoms with Crippen molar-refractivity contribution in [2.75, 3.05) is 13.7 Å². The number of halogens is 1. The van der Waals surface area contributed by atoms with Crippen molar-refractivity contribution in [2.45, 2.75) is 39.8 Å². The van der Waals surface area contributed by atoms with E-state index in [1.165, 1.54) is 11.3 Å². The number of aromatic nitrogens is 1. The third-order valence-corrected chi connectivity index (χ3v) is 7.25. The molecule has 0 spiro atoms. The Kier molecular flexibility index (Phi) is 7.99. The number of hydrogen-bond acceptors (Lipinski definition) is 7. The minimum Gasteiger partial charge on any atom is -0.493 e. The quantitative estimate of drug-likeness (QED) is 0.293. The van der Waals surface area contributed by atoms with Crippen LogP contribution in [-0.2, 0) is 9.53 Å². The zero-order chi connectivity index (χ0) is 26.0. The van der Waals surface area contributed by atoms with Crippen LogP contribution in [0.1, 0.15) is 44.9 Å². The third-order valence-electron chi connectivity index (χ3n) is 5.55. The summed E-state index contributed by atoms with van der Waals surface area (Å²) in [6, 6.07) is 12.6. The maximum Gasteiger partial charge on any atom is 0.338 e. The molecule has 0 amide bonds. The lowest BCUT2D eigenvalue weighted by atomic mass is 9.95. The number of methoxy groups -OCH3 is 1. The third kappa shape index (κ3) is 5.27. The molecule has 2 heterocycles. The van der Waals surface area contributed by atoms with E-state index in [2.05, 4.69) is 27.6 Å². The van der Waals surface area contributed by atoms with Crippen molar-refractivity contribution < 1.29 is 19.0 Å². The molecule has 7 nitrogen and oxygen atoms in total. The highest BCUT2D eigenvalue weighted by Crippen LogP contribution is 2.36. The number of rotatable bonds is 7. The van der Waals surface area contributed by atoms with Gasteiger partial charge >= 0.3 is 5.97 Å². The van der Waals surface area contributed by atoms with Gasteiger partial charge in [-0.3, -0.25) is 9.36 Å². The molecule has 0 saturated carbocycles. The van der Waals surface area contributed by atoms with Crippen molar-refractivity contribution in [1.82, 2.24) is 4.57 Å². The van der Waals surface area contributed by atoms with Gasteiger partial charge in [0.2, 0.25) is 0 Å². The lowest BCUT2D eigenvalue weighted by Gasteiger charge is -2.25. The summed E-state index contributed by atoms with van der Waals surface area (Å²) in [5.41, 5.74) is 2.22. The summed E-state index contributed by atoms with van der Waals surface area (Å²) < 4.78 is 20.0. The second-order valence-corrected chi connectivity index (χ2v) is 10.7. The van der Waals surface area contributed by atoms with Gasteiger partial charge < -0.3 is 14.2 Å². The van der Waals surface area contributed by atoms with Gasteiger partial charge in [-0.2, -0.15) is 0 Å². The predicted octanol–water partition coefficient (Wildman–Crippen LogP) is 4.20. The van der Waals surface area contributed by atoms with Crippen LogP contribution in [-0.4, -0.2) is 30.4 Å². The number of hydrogen-bond donors (Lipinski definition) is 0. The van der Waals surface area contributed by atoms with Crippen molar-refractivity contribution in [3.63, 3.8) is 0 Å². The van der Waals surface area contributed by atoms with Gasteiger partial charge in [-0.1, -0.05) is 29.5 Å². The molecule has 1 aliphatic rings. The molecule has 1 atom stereocenters. The molecule has 3 aromatic rings. The van der Waals surface area contributed by atoms with Gasteiger partial charge in [-0.05, 0) is 91.8 Å². The molecule has 4 rings (SSSR count). The fourth-order valence-electron chi connectivity index (χ4n) is 4.02. The van der Waals surface area contributed by atoms with Gasteiger partial charge in [0.05, 0.1) is 41.7 Å². The van der Waals surface area contributed by atoms with Crippen LogP contribution in [0.4, 0.5) is 0 Å². The molecule has 0 bridgehead atoms. The van der Waals surface area contributed by atoms with E-state index in [1.54, 1.807) is 37.7 Å². The summed E-state index contributed by atoms with van der Waals surface area (Å²) in [6.07, 6.45) is 1.81. The Hall–Kier alpha value is -2.92. The van der Waals surface area contributed by atoms with Gasteiger partial charge in [0.1, 0.15) is 0 Å². The number of carbonyl (C=O) groups is 1. The van der Waals surface area contributed by atoms with E-state index in [9.17, 15) is 9.59 Å². The lowest BCUT2D eigenvalue weighted by molar-refractivity contribution is -0.139. The van der Waals surface area contributed by atoms with Gasteiger partial charge in [-0.25, -0.2) is 9.79 Å². The normalized spacial score (nSPS) is 15.5. The Bertz CT molecular complexity index is 1500. The summed E-state index contributed by atoms with van der Waals surface area (Å²) in [4.78, 5) is 32.0. The van der Waals surface area contributed by atoms with E-state index >= 15 is 0 Å². The van der Waals surface area contributed by atoms with Crippen LogP contribution in [0.3, 0.4) is 0 Å². The fourth-order valence-corrected chi connectivity index (χ4v) is 5.43. The van der Waals surface area contributed by atoms with Crippen molar-refractivity contribution in [3.8, 4) is 11.5 Å². The molecule has 0 unspecified atom stereocenters. The first-order valence-electron chi connectivity index (χ1n) is 11.5. The minimum atomic E-state index is -0.721. The first kappa shape index (κ1) is 26.2. The SMILES string of the molecule is CCOC(=O)C1=C(C)N=c2s/c(=C\c3ccc(I)cc3)c(=O)n2[C@@H]1c1ccc(OC(C)C)c(OC)c1. The molecule has 0 saturated heterocycles. The van der Waals surface area contributed by atoms with E-state index < -0.39 is 12.0 Å². The Balaban J connectivity index is 1.94. The molecule has 36 heavy (non-hydrogen) atoms. The average Bonchev–Trinajstić information content (AvgIpc) is 3.14. The van der Waals surface area contributed by atoms with Gasteiger partial charge in [-0.15, -0.1) is 0 Å². The molecule has 1 aliphatic heterocycles. The highest BCUT2D eigenvalue weighted by atomic mass is 127. The molecule has 0 aliphatic carbocycles. The van der Waals surface area contributed by atoms with Crippen LogP contribution in [0.5, 0.6) is 11.5 Å². The number of ether oxygens (including phenoxy) is 3. The molecule has 1 aromatic heterocycles. The Morgan fingerprint density at radius 1 is 1.19 bits per heavy atom. The zero-order valence-corrected chi connectivity index (χ0v) is 23.7. The minimum absolute atomic E-state index is 0.0408. The zero-order valence-electron chi connectivity index (χ0n) is 20.7. The molecule has 0 N–H and O–H groups in total.